The van der Waals surface area contributed by atoms with Gasteiger partial charge in [-0.1, -0.05) is 30.3 Å². The number of amides is 1. The van der Waals surface area contributed by atoms with Gasteiger partial charge in [0.2, 0.25) is 5.91 Å². The van der Waals surface area contributed by atoms with Crippen molar-refractivity contribution >= 4 is 33.4 Å². The Hall–Kier alpha value is -3.92. The van der Waals surface area contributed by atoms with Gasteiger partial charge in [0.25, 0.3) is 0 Å². The van der Waals surface area contributed by atoms with E-state index in [1.807, 2.05) is 0 Å². The summed E-state index contributed by atoms with van der Waals surface area (Å²) in [4.78, 5) is 30.7. The summed E-state index contributed by atoms with van der Waals surface area (Å²) in [5, 5.41) is 4.43. The third-order valence-corrected chi connectivity index (χ3v) is 9.97. The third-order valence-electron chi connectivity index (χ3n) is 9.97. The molecule has 42 heavy (non-hydrogen) atoms. The van der Waals surface area contributed by atoms with Gasteiger partial charge in [0, 0.05) is 48.6 Å². The molecule has 1 amide bonds. The van der Waals surface area contributed by atoms with Crippen molar-refractivity contribution in [1.29, 1.82) is 0 Å². The van der Waals surface area contributed by atoms with Crippen LogP contribution in [0.25, 0.3) is 32.9 Å². The Kier molecular flexibility index (Phi) is 5.86. The molecule has 8 rings (SSSR count). The standard InChI is InChI=1S/C32H32F2N6O2/c33-23-8-2-6-20-5-1-7-21(25(20)23)27-26(34)28-22(16-35-27)29(39-14-11-31(18-39)15-24(41)36-17-31)38-30(37-28)42-19-32-9-3-12-40(32)13-4-10-32/h1-2,5-8,16H,3-4,9-15,17-19H2,(H,36,41)/t31-/m0/s1. The average Bonchev–Trinajstić information content (AvgIpc) is 3.77. The van der Waals surface area contributed by atoms with Crippen LogP contribution in [0.4, 0.5) is 14.6 Å². The van der Waals surface area contributed by atoms with E-state index in [9.17, 15) is 4.79 Å². The average molecular weight is 571 g/mol. The lowest BCUT2D eigenvalue weighted by Gasteiger charge is -2.31. The number of rotatable bonds is 5. The van der Waals surface area contributed by atoms with Gasteiger partial charge in [0.1, 0.15) is 29.5 Å². The van der Waals surface area contributed by atoms with E-state index in [2.05, 4.69) is 25.1 Å². The van der Waals surface area contributed by atoms with Crippen LogP contribution in [0.2, 0.25) is 0 Å². The van der Waals surface area contributed by atoms with E-state index in [4.69, 9.17) is 9.72 Å². The highest BCUT2D eigenvalue weighted by atomic mass is 19.1. The van der Waals surface area contributed by atoms with Gasteiger partial charge in [-0.15, -0.1) is 0 Å². The summed E-state index contributed by atoms with van der Waals surface area (Å²) >= 11 is 0. The number of carbonyl (C=O) groups is 1. The number of aromatic nitrogens is 3. The van der Waals surface area contributed by atoms with Crippen molar-refractivity contribution in [2.45, 2.75) is 44.1 Å². The van der Waals surface area contributed by atoms with Crippen molar-refractivity contribution in [3.05, 3.63) is 54.2 Å². The molecular formula is C32H32F2N6O2. The molecule has 0 bridgehead atoms. The molecule has 4 fully saturated rings. The first-order valence-electron chi connectivity index (χ1n) is 14.9. The lowest BCUT2D eigenvalue weighted by Crippen LogP contribution is -2.43. The maximum absolute atomic E-state index is 16.5. The van der Waals surface area contributed by atoms with Crippen molar-refractivity contribution in [3.63, 3.8) is 0 Å². The number of nitrogens with one attached hydrogen (secondary N) is 1. The van der Waals surface area contributed by atoms with Gasteiger partial charge in [-0.2, -0.15) is 9.97 Å². The minimum absolute atomic E-state index is 0.0194. The Morgan fingerprint density at radius 1 is 1.00 bits per heavy atom. The smallest absolute Gasteiger partial charge is 0.319 e. The summed E-state index contributed by atoms with van der Waals surface area (Å²) in [7, 11) is 0. The van der Waals surface area contributed by atoms with Crippen molar-refractivity contribution in [2.24, 2.45) is 5.41 Å². The largest absolute Gasteiger partial charge is 0.461 e. The van der Waals surface area contributed by atoms with Crippen LogP contribution in [0.5, 0.6) is 6.01 Å². The normalized spacial score (nSPS) is 23.4. The molecule has 1 N–H and O–H groups in total. The number of anilines is 1. The molecule has 216 valence electrons. The number of nitrogens with zero attached hydrogens (tertiary/aromatic N) is 5. The van der Waals surface area contributed by atoms with E-state index in [1.54, 1.807) is 36.5 Å². The topological polar surface area (TPSA) is 83.5 Å². The van der Waals surface area contributed by atoms with Gasteiger partial charge in [0.15, 0.2) is 5.82 Å². The zero-order chi connectivity index (χ0) is 28.5. The molecule has 4 aliphatic rings. The highest BCUT2D eigenvalue weighted by molar-refractivity contribution is 5.99. The highest BCUT2D eigenvalue weighted by Gasteiger charge is 2.46. The predicted molar refractivity (Wildman–Crippen MR) is 155 cm³/mol. The number of hydrogen-bond donors (Lipinski definition) is 1. The summed E-state index contributed by atoms with van der Waals surface area (Å²) in [6, 6.07) is 10.2. The fraction of sp³-hybridized carbons (Fsp3) is 0.438. The first-order chi connectivity index (χ1) is 20.4. The van der Waals surface area contributed by atoms with Crippen molar-refractivity contribution in [2.75, 3.05) is 44.2 Å². The van der Waals surface area contributed by atoms with Gasteiger partial charge in [-0.3, -0.25) is 14.7 Å². The number of ether oxygens (including phenoxy) is 1. The second kappa shape index (κ2) is 9.55. The first kappa shape index (κ1) is 25.8. The van der Waals surface area contributed by atoms with E-state index in [0.717, 1.165) is 45.2 Å². The molecule has 0 unspecified atom stereocenters. The van der Waals surface area contributed by atoms with Crippen molar-refractivity contribution in [3.8, 4) is 17.3 Å². The monoisotopic (exact) mass is 570 g/mol. The summed E-state index contributed by atoms with van der Waals surface area (Å²) in [6.07, 6.45) is 7.30. The maximum atomic E-state index is 16.5. The predicted octanol–water partition coefficient (Wildman–Crippen LogP) is 4.85. The van der Waals surface area contributed by atoms with Crippen LogP contribution in [0.3, 0.4) is 0 Å². The van der Waals surface area contributed by atoms with Crippen LogP contribution in [-0.2, 0) is 4.79 Å². The molecule has 1 spiro atoms. The van der Waals surface area contributed by atoms with Gasteiger partial charge in [0.05, 0.1) is 10.9 Å². The molecule has 10 heteroatoms. The number of carbonyl (C=O) groups excluding carboxylic acids is 1. The van der Waals surface area contributed by atoms with E-state index in [-0.39, 0.29) is 34.1 Å². The minimum atomic E-state index is -0.634. The Morgan fingerprint density at radius 3 is 2.60 bits per heavy atom. The SMILES string of the molecule is O=C1C[C@@]2(CCN(c3nc(OCC45CCCN4CCC5)nc4c(F)c(-c5cccc6cccc(F)c56)ncc34)C2)CN1. The molecule has 0 radical (unpaired) electrons. The van der Waals surface area contributed by atoms with Crippen LogP contribution in [0.15, 0.2) is 42.6 Å². The van der Waals surface area contributed by atoms with Crippen LogP contribution >= 0.6 is 0 Å². The molecule has 4 aliphatic heterocycles. The number of halogens is 2. The number of fused-ring (bicyclic) bond motifs is 3. The quantitative estimate of drug-likeness (QED) is 0.368. The van der Waals surface area contributed by atoms with Gasteiger partial charge < -0.3 is 15.0 Å². The molecule has 4 saturated heterocycles. The van der Waals surface area contributed by atoms with Crippen LogP contribution in [0, 0.1) is 17.0 Å². The third kappa shape index (κ3) is 4.02. The van der Waals surface area contributed by atoms with E-state index in [1.165, 1.54) is 6.07 Å². The lowest BCUT2D eigenvalue weighted by atomic mass is 9.86. The van der Waals surface area contributed by atoms with Gasteiger partial charge in [-0.05, 0) is 56.6 Å². The number of pyridine rings is 1. The molecule has 0 saturated carbocycles. The van der Waals surface area contributed by atoms with E-state index < -0.39 is 11.6 Å². The molecule has 6 heterocycles. The van der Waals surface area contributed by atoms with Crippen LogP contribution in [0.1, 0.15) is 38.5 Å². The van der Waals surface area contributed by atoms with Crippen molar-refractivity contribution in [1.82, 2.24) is 25.2 Å². The van der Waals surface area contributed by atoms with E-state index >= 15 is 8.78 Å². The van der Waals surface area contributed by atoms with Gasteiger partial charge >= 0.3 is 6.01 Å². The first-order valence-corrected chi connectivity index (χ1v) is 14.9. The Bertz CT molecular complexity index is 1730. The molecule has 4 aromatic rings. The minimum Gasteiger partial charge on any atom is -0.461 e. The Labute approximate surface area is 242 Å². The summed E-state index contributed by atoms with van der Waals surface area (Å²) < 4.78 is 37.9. The van der Waals surface area contributed by atoms with Crippen LogP contribution in [-0.4, -0.2) is 70.6 Å². The molecule has 1 atom stereocenters. The van der Waals surface area contributed by atoms with Crippen molar-refractivity contribution < 1.29 is 18.3 Å². The second-order valence-electron chi connectivity index (χ2n) is 12.5. The Balaban J connectivity index is 1.24. The maximum Gasteiger partial charge on any atom is 0.319 e. The summed E-state index contributed by atoms with van der Waals surface area (Å²) in [6.45, 7) is 4.51. The zero-order valence-electron chi connectivity index (χ0n) is 23.3. The number of hydrogen-bond acceptors (Lipinski definition) is 7. The molecule has 0 aliphatic carbocycles. The molecule has 2 aromatic heterocycles. The zero-order valence-corrected chi connectivity index (χ0v) is 23.3. The van der Waals surface area contributed by atoms with E-state index in [0.29, 0.717) is 60.2 Å². The second-order valence-corrected chi connectivity index (χ2v) is 12.5. The van der Waals surface area contributed by atoms with Crippen LogP contribution < -0.4 is 15.0 Å². The molecular weight excluding hydrogens is 538 g/mol. The molecule has 8 nitrogen and oxygen atoms in total. The Morgan fingerprint density at radius 2 is 1.81 bits per heavy atom. The van der Waals surface area contributed by atoms with Gasteiger partial charge in [-0.25, -0.2) is 8.78 Å². The summed E-state index contributed by atoms with van der Waals surface area (Å²) in [5.41, 5.74) is 0.314. The molecule has 2 aromatic carbocycles. The highest BCUT2D eigenvalue weighted by Crippen LogP contribution is 2.42. The fourth-order valence-electron chi connectivity index (χ4n) is 7.82. The summed E-state index contributed by atoms with van der Waals surface area (Å²) in [5.74, 6) is -0.453. The fourth-order valence-corrected chi connectivity index (χ4v) is 7.82. The number of benzene rings is 2. The lowest BCUT2D eigenvalue weighted by molar-refractivity contribution is -0.119.